The molecule has 5 aliphatic rings. The first-order valence-electron chi connectivity index (χ1n) is 12.4. The molecule has 1 aromatic heterocycles. The Hall–Kier alpha value is -3.89. The summed E-state index contributed by atoms with van der Waals surface area (Å²) in [6, 6.07) is 12.4. The summed E-state index contributed by atoms with van der Waals surface area (Å²) in [5, 5.41) is 13.8. The van der Waals surface area contributed by atoms with Crippen LogP contribution in [0.3, 0.4) is 0 Å². The molecule has 1 N–H and O–H groups in total. The third-order valence-electron chi connectivity index (χ3n) is 8.10. The van der Waals surface area contributed by atoms with Gasteiger partial charge in [0.05, 0.1) is 22.1 Å². The van der Waals surface area contributed by atoms with Crippen molar-refractivity contribution in [2.75, 3.05) is 13.1 Å². The molecule has 3 aromatic rings. The number of carbonyl (C=O) groups excluding carboxylic acids is 2. The van der Waals surface area contributed by atoms with Gasteiger partial charge in [-0.3, -0.25) is 30.1 Å². The fraction of sp³-hybridized carbons (Fsp3) is 0.370. The molecule has 37 heavy (non-hydrogen) atoms. The molecule has 2 aromatic carbocycles. The number of hydrogen-bond donors (Lipinski definition) is 1. The van der Waals surface area contributed by atoms with Gasteiger partial charge in [-0.1, -0.05) is 6.92 Å². The molecular formula is C27H26N4O6. The van der Waals surface area contributed by atoms with E-state index in [0.29, 0.717) is 12.0 Å². The summed E-state index contributed by atoms with van der Waals surface area (Å²) in [6.45, 7) is 4.28. The largest absolute Gasteiger partial charge is 0.419 e. The molecule has 5 atom stereocenters. The van der Waals surface area contributed by atoms with Gasteiger partial charge in [-0.15, -0.1) is 0 Å². The third kappa shape index (κ3) is 4.02. The number of piperidine rings is 3. The Morgan fingerprint density at radius 2 is 2.05 bits per heavy atom. The molecule has 0 spiro atoms. The van der Waals surface area contributed by atoms with E-state index in [-0.39, 0.29) is 28.7 Å². The molecule has 10 heteroatoms. The summed E-state index contributed by atoms with van der Waals surface area (Å²) in [6.07, 6.45) is 4.01. The van der Waals surface area contributed by atoms with E-state index in [4.69, 9.17) is 9.47 Å². The Morgan fingerprint density at radius 1 is 1.24 bits per heavy atom. The molecule has 5 saturated heterocycles. The van der Waals surface area contributed by atoms with Crippen molar-refractivity contribution in [3.63, 3.8) is 0 Å². The zero-order chi connectivity index (χ0) is 25.7. The minimum absolute atomic E-state index is 0.0939. The summed E-state index contributed by atoms with van der Waals surface area (Å²) in [5.74, 6) is 0.139. The number of imide groups is 1. The molecule has 0 aliphatic carbocycles. The van der Waals surface area contributed by atoms with E-state index < -0.39 is 16.9 Å². The maximum Gasteiger partial charge on any atom is 0.419 e. The number of aromatic nitrogens is 1. The smallest absolute Gasteiger partial charge is 0.410 e. The van der Waals surface area contributed by atoms with Gasteiger partial charge in [0.1, 0.15) is 5.75 Å². The summed E-state index contributed by atoms with van der Waals surface area (Å²) >= 11 is 0. The fourth-order valence-electron chi connectivity index (χ4n) is 6.22. The van der Waals surface area contributed by atoms with Crippen LogP contribution in [0.4, 0.5) is 10.5 Å². The highest BCUT2D eigenvalue weighted by Crippen LogP contribution is 2.54. The summed E-state index contributed by atoms with van der Waals surface area (Å²) in [5.41, 5.74) is 1.61. The summed E-state index contributed by atoms with van der Waals surface area (Å²) < 4.78 is 12.2. The number of ether oxygens (including phenoxy) is 2. The van der Waals surface area contributed by atoms with Crippen molar-refractivity contribution >= 4 is 28.6 Å². The van der Waals surface area contributed by atoms with Crippen LogP contribution in [-0.2, 0) is 4.74 Å². The molecule has 10 nitrogen and oxygen atoms in total. The lowest BCUT2D eigenvalue weighted by atomic mass is 9.66. The zero-order valence-corrected chi connectivity index (χ0v) is 20.3. The van der Waals surface area contributed by atoms with Gasteiger partial charge in [0.25, 0.3) is 11.6 Å². The average molecular weight is 503 g/mol. The number of rotatable bonds is 5. The van der Waals surface area contributed by atoms with Gasteiger partial charge in [0.2, 0.25) is 0 Å². The van der Waals surface area contributed by atoms with Gasteiger partial charge in [0, 0.05) is 41.9 Å². The van der Waals surface area contributed by atoms with Crippen LogP contribution in [0, 0.1) is 16.0 Å². The number of carbonyl (C=O) groups is 2. The predicted octanol–water partition coefficient (Wildman–Crippen LogP) is 4.39. The van der Waals surface area contributed by atoms with Gasteiger partial charge < -0.3 is 9.47 Å². The van der Waals surface area contributed by atoms with Crippen molar-refractivity contribution in [1.82, 2.24) is 15.2 Å². The molecule has 2 amide bonds. The minimum Gasteiger partial charge on any atom is -0.410 e. The van der Waals surface area contributed by atoms with Gasteiger partial charge in [-0.25, -0.2) is 4.79 Å². The molecule has 5 fully saturated rings. The number of amides is 2. The quantitative estimate of drug-likeness (QED) is 0.403. The van der Waals surface area contributed by atoms with Crippen LogP contribution in [0.2, 0.25) is 0 Å². The van der Waals surface area contributed by atoms with Crippen molar-refractivity contribution < 1.29 is 24.0 Å². The van der Waals surface area contributed by atoms with Gasteiger partial charge in [-0.2, -0.15) is 0 Å². The molecule has 6 heterocycles. The van der Waals surface area contributed by atoms with Crippen LogP contribution >= 0.6 is 0 Å². The third-order valence-corrected chi connectivity index (χ3v) is 8.10. The number of fused-ring (bicyclic) bond motifs is 3. The van der Waals surface area contributed by atoms with E-state index in [2.05, 4.69) is 22.1 Å². The highest BCUT2D eigenvalue weighted by molar-refractivity contribution is 6.03. The number of pyridine rings is 1. The SMILES string of the molecule is CC[C@]12CN3CC[C@H]1C[C@@H]3[C@H](c1ccnc3ccc(OC(=O)NC(=O)c4ccc([N+](=O)[O-])cc4)cc13)O2. The van der Waals surface area contributed by atoms with E-state index in [1.54, 1.807) is 24.4 Å². The summed E-state index contributed by atoms with van der Waals surface area (Å²) in [7, 11) is 0. The number of non-ortho nitro benzene ring substituents is 1. The highest BCUT2D eigenvalue weighted by atomic mass is 16.6. The first-order valence-corrected chi connectivity index (χ1v) is 12.4. The molecule has 190 valence electrons. The zero-order valence-electron chi connectivity index (χ0n) is 20.3. The Labute approximate surface area is 212 Å². The lowest BCUT2D eigenvalue weighted by molar-refractivity contribution is -0.384. The number of benzene rings is 2. The maximum absolute atomic E-state index is 12.5. The number of nitrogens with one attached hydrogen (secondary N) is 1. The van der Waals surface area contributed by atoms with Gasteiger partial charge in [0.15, 0.2) is 0 Å². The topological polar surface area (TPSA) is 124 Å². The van der Waals surface area contributed by atoms with Crippen LogP contribution in [0.25, 0.3) is 10.9 Å². The predicted molar refractivity (Wildman–Crippen MR) is 133 cm³/mol. The minimum atomic E-state index is -0.950. The van der Waals surface area contributed by atoms with Crippen LogP contribution < -0.4 is 10.1 Å². The Bertz CT molecular complexity index is 1410. The van der Waals surface area contributed by atoms with Crippen molar-refractivity contribution in [2.24, 2.45) is 5.92 Å². The van der Waals surface area contributed by atoms with E-state index in [1.807, 2.05) is 6.07 Å². The standard InChI is InChI=1S/C27H26N4O6/c1-2-27-15-30-12-10-17(27)13-23(30)24(37-27)20-9-11-28-22-8-7-19(14-21(20)22)36-26(33)29-25(32)16-3-5-18(6-4-16)31(34)35/h3-9,11,14,17,23-24H,2,10,12-13,15H2,1H3,(H,29,32,33)/t17-,23+,24-,27-/m0/s1. The van der Waals surface area contributed by atoms with Crippen LogP contribution in [-0.4, -0.2) is 51.5 Å². The maximum atomic E-state index is 12.5. The fourth-order valence-corrected chi connectivity index (χ4v) is 6.22. The lowest BCUT2D eigenvalue weighted by Gasteiger charge is -2.64. The first kappa shape index (κ1) is 23.5. The Kier molecular flexibility index (Phi) is 5.65. The van der Waals surface area contributed by atoms with E-state index in [9.17, 15) is 19.7 Å². The Morgan fingerprint density at radius 3 is 2.76 bits per heavy atom. The van der Waals surface area contributed by atoms with Gasteiger partial charge in [-0.05, 0) is 73.7 Å². The van der Waals surface area contributed by atoms with E-state index in [1.165, 1.54) is 30.7 Å². The molecule has 4 bridgehead atoms. The van der Waals surface area contributed by atoms with Crippen molar-refractivity contribution in [2.45, 2.75) is 43.9 Å². The molecule has 0 saturated carbocycles. The number of nitrogens with zero attached hydrogens (tertiary/aromatic N) is 3. The second-order valence-corrected chi connectivity index (χ2v) is 9.94. The number of hydrogen-bond acceptors (Lipinski definition) is 8. The normalized spacial score (nSPS) is 27.7. The average Bonchev–Trinajstić information content (AvgIpc) is 2.92. The second kappa shape index (κ2) is 8.89. The van der Waals surface area contributed by atoms with Gasteiger partial charge >= 0.3 is 6.09 Å². The molecule has 1 unspecified atom stereocenters. The summed E-state index contributed by atoms with van der Waals surface area (Å²) in [4.78, 5) is 42.1. The van der Waals surface area contributed by atoms with Crippen molar-refractivity contribution in [3.8, 4) is 5.75 Å². The Balaban J connectivity index is 1.22. The van der Waals surface area contributed by atoms with Crippen molar-refractivity contribution in [3.05, 3.63) is 76.0 Å². The molecule has 0 radical (unpaired) electrons. The molecular weight excluding hydrogens is 476 g/mol. The van der Waals surface area contributed by atoms with Crippen LogP contribution in [0.1, 0.15) is 48.2 Å². The monoisotopic (exact) mass is 502 g/mol. The van der Waals surface area contributed by atoms with Crippen LogP contribution in [0.15, 0.2) is 54.7 Å². The molecule has 5 aliphatic heterocycles. The van der Waals surface area contributed by atoms with Crippen LogP contribution in [0.5, 0.6) is 5.75 Å². The number of nitro benzene ring substituents is 1. The lowest BCUT2D eigenvalue weighted by Crippen LogP contribution is -2.70. The van der Waals surface area contributed by atoms with E-state index >= 15 is 0 Å². The second-order valence-electron chi connectivity index (χ2n) is 9.94. The van der Waals surface area contributed by atoms with Crippen molar-refractivity contribution in [1.29, 1.82) is 0 Å². The number of nitro groups is 1. The highest BCUT2D eigenvalue weighted by Gasteiger charge is 2.58. The van der Waals surface area contributed by atoms with E-state index in [0.717, 1.165) is 42.4 Å². The first-order chi connectivity index (χ1) is 17.9. The number of morpholine rings is 1. The molecule has 8 rings (SSSR count).